The Balaban J connectivity index is 1.51. The van der Waals surface area contributed by atoms with Crippen LogP contribution in [0.1, 0.15) is 29.7 Å². The topological polar surface area (TPSA) is 106 Å². The maximum atomic E-state index is 12.6. The third kappa shape index (κ3) is 4.02. The molecule has 0 bridgehead atoms. The Morgan fingerprint density at radius 3 is 2.78 bits per heavy atom. The Morgan fingerprint density at radius 1 is 1.12 bits per heavy atom. The van der Waals surface area contributed by atoms with E-state index in [0.29, 0.717) is 17.3 Å². The summed E-state index contributed by atoms with van der Waals surface area (Å²) >= 11 is 0. The zero-order valence-corrected chi connectivity index (χ0v) is 17.2. The van der Waals surface area contributed by atoms with Gasteiger partial charge in [0.1, 0.15) is 11.5 Å². The number of nitrogens with zero attached hydrogens (tertiary/aromatic N) is 3. The number of benzene rings is 1. The van der Waals surface area contributed by atoms with Crippen LogP contribution >= 0.6 is 0 Å². The maximum Gasteiger partial charge on any atom is 0.255 e. The van der Waals surface area contributed by atoms with Gasteiger partial charge < -0.3 is 9.73 Å². The van der Waals surface area contributed by atoms with Gasteiger partial charge in [0.25, 0.3) is 5.56 Å². The second kappa shape index (κ2) is 8.50. The molecule has 1 amide bonds. The second-order valence-corrected chi connectivity index (χ2v) is 7.56. The minimum atomic E-state index is -0.332. The van der Waals surface area contributed by atoms with E-state index in [1.807, 2.05) is 30.3 Å². The molecular weight excluding hydrogens is 406 g/mol. The summed E-state index contributed by atoms with van der Waals surface area (Å²) < 4.78 is 6.89. The maximum absolute atomic E-state index is 12.6. The van der Waals surface area contributed by atoms with Gasteiger partial charge in [-0.05, 0) is 49.5 Å². The zero-order valence-electron chi connectivity index (χ0n) is 17.2. The lowest BCUT2D eigenvalue weighted by atomic mass is 9.97. The van der Waals surface area contributed by atoms with Gasteiger partial charge in [0.2, 0.25) is 11.9 Å². The molecule has 0 radical (unpaired) electrons. The van der Waals surface area contributed by atoms with Gasteiger partial charge >= 0.3 is 0 Å². The van der Waals surface area contributed by atoms with Crippen LogP contribution in [0, 0.1) is 0 Å². The molecule has 3 aromatic heterocycles. The first-order chi connectivity index (χ1) is 15.7. The molecule has 0 unspecified atom stereocenters. The van der Waals surface area contributed by atoms with Crippen molar-refractivity contribution < 1.29 is 9.21 Å². The van der Waals surface area contributed by atoms with E-state index < -0.39 is 0 Å². The average Bonchev–Trinajstić information content (AvgIpc) is 3.49. The molecule has 0 saturated carbocycles. The molecular formula is C24H21N5O3. The molecule has 0 saturated heterocycles. The van der Waals surface area contributed by atoms with Gasteiger partial charge in [0.15, 0.2) is 5.76 Å². The first-order valence-corrected chi connectivity index (χ1v) is 10.5. The lowest BCUT2D eigenvalue weighted by Gasteiger charge is -2.15. The number of carbonyl (C=O) groups is 1. The molecule has 1 aliphatic rings. The number of fused-ring (bicyclic) bond motifs is 1. The number of nitrogens with one attached hydrogen (secondary N) is 2. The third-order valence-electron chi connectivity index (χ3n) is 5.34. The highest BCUT2D eigenvalue weighted by molar-refractivity contribution is 6.01. The SMILES string of the molecule is O=C(/C=C\c1ccccc1)Nc1cc(-c2ccco2)nn1-c1nc2c(c(=O)[nH]1)CCCC2. The van der Waals surface area contributed by atoms with E-state index in [2.05, 4.69) is 20.4 Å². The number of anilines is 1. The largest absolute Gasteiger partial charge is 0.463 e. The quantitative estimate of drug-likeness (QED) is 0.472. The molecule has 1 aromatic carbocycles. The Morgan fingerprint density at radius 2 is 1.97 bits per heavy atom. The van der Waals surface area contributed by atoms with Crippen molar-refractivity contribution in [2.75, 3.05) is 5.32 Å². The number of aryl methyl sites for hydroxylation is 1. The molecule has 0 atom stereocenters. The Bertz CT molecular complexity index is 1330. The van der Waals surface area contributed by atoms with Crippen molar-refractivity contribution in [1.82, 2.24) is 19.7 Å². The van der Waals surface area contributed by atoms with E-state index in [1.165, 1.54) is 10.8 Å². The highest BCUT2D eigenvalue weighted by Gasteiger charge is 2.20. The van der Waals surface area contributed by atoms with Crippen LogP contribution in [0.15, 0.2) is 70.1 Å². The van der Waals surface area contributed by atoms with Gasteiger partial charge in [-0.25, -0.2) is 4.98 Å². The molecule has 1 aliphatic carbocycles. The fourth-order valence-corrected chi connectivity index (χ4v) is 3.77. The van der Waals surface area contributed by atoms with Crippen LogP contribution in [-0.4, -0.2) is 25.7 Å². The number of aromatic nitrogens is 4. The van der Waals surface area contributed by atoms with Crippen molar-refractivity contribution in [2.24, 2.45) is 0 Å². The van der Waals surface area contributed by atoms with E-state index in [4.69, 9.17) is 4.42 Å². The number of amides is 1. The lowest BCUT2D eigenvalue weighted by Crippen LogP contribution is -2.24. The highest BCUT2D eigenvalue weighted by Crippen LogP contribution is 2.25. The molecule has 2 N–H and O–H groups in total. The molecule has 3 heterocycles. The van der Waals surface area contributed by atoms with Crippen molar-refractivity contribution in [3.8, 4) is 17.4 Å². The predicted molar refractivity (Wildman–Crippen MR) is 120 cm³/mol. The fourth-order valence-electron chi connectivity index (χ4n) is 3.77. The van der Waals surface area contributed by atoms with Gasteiger partial charge in [-0.3, -0.25) is 14.6 Å². The Labute approximate surface area is 183 Å². The van der Waals surface area contributed by atoms with Crippen LogP contribution in [0.5, 0.6) is 0 Å². The van der Waals surface area contributed by atoms with Gasteiger partial charge in [0, 0.05) is 17.7 Å². The second-order valence-electron chi connectivity index (χ2n) is 7.56. The number of rotatable bonds is 5. The van der Waals surface area contributed by atoms with Crippen molar-refractivity contribution in [2.45, 2.75) is 25.7 Å². The summed E-state index contributed by atoms with van der Waals surface area (Å²) in [4.78, 5) is 32.7. The predicted octanol–water partition coefficient (Wildman–Crippen LogP) is 3.75. The van der Waals surface area contributed by atoms with Crippen molar-refractivity contribution in [1.29, 1.82) is 0 Å². The first kappa shape index (κ1) is 19.7. The summed E-state index contributed by atoms with van der Waals surface area (Å²) in [5, 5.41) is 7.37. The van der Waals surface area contributed by atoms with Crippen LogP contribution in [0.25, 0.3) is 23.5 Å². The standard InChI is InChI=1S/C24H21N5O3/c30-22(13-12-16-7-2-1-3-8-16)26-21-15-19(20-11-6-14-32-20)28-29(21)24-25-18-10-5-4-9-17(18)23(31)27-24/h1-3,6-8,11-15H,4-5,9-10H2,(H,26,30)(H,25,27,31)/b13-12-. The van der Waals surface area contributed by atoms with E-state index >= 15 is 0 Å². The minimum absolute atomic E-state index is 0.166. The Hall–Kier alpha value is -4.20. The zero-order chi connectivity index (χ0) is 21.9. The number of furan rings is 1. The molecule has 8 heteroatoms. The number of carbonyl (C=O) groups excluding carboxylic acids is 1. The fraction of sp³-hybridized carbons (Fsp3) is 0.167. The normalized spacial score (nSPS) is 13.2. The Kier molecular flexibility index (Phi) is 5.25. The van der Waals surface area contributed by atoms with Crippen LogP contribution in [0.4, 0.5) is 5.82 Å². The molecule has 0 aliphatic heterocycles. The summed E-state index contributed by atoms with van der Waals surface area (Å²) in [7, 11) is 0. The molecule has 0 fully saturated rings. The molecule has 32 heavy (non-hydrogen) atoms. The summed E-state index contributed by atoms with van der Waals surface area (Å²) in [6.45, 7) is 0. The summed E-state index contributed by atoms with van der Waals surface area (Å²) in [5.74, 6) is 0.842. The van der Waals surface area contributed by atoms with Crippen LogP contribution < -0.4 is 10.9 Å². The van der Waals surface area contributed by atoms with Crippen molar-refractivity contribution in [3.05, 3.63) is 88.0 Å². The highest BCUT2D eigenvalue weighted by atomic mass is 16.3. The summed E-state index contributed by atoms with van der Waals surface area (Å²) in [5.41, 5.74) is 2.77. The van der Waals surface area contributed by atoms with E-state index in [9.17, 15) is 9.59 Å². The van der Waals surface area contributed by atoms with E-state index in [0.717, 1.165) is 42.5 Å². The first-order valence-electron chi connectivity index (χ1n) is 10.5. The van der Waals surface area contributed by atoms with E-state index in [-0.39, 0.29) is 17.4 Å². The molecule has 8 nitrogen and oxygen atoms in total. The van der Waals surface area contributed by atoms with Gasteiger partial charge in [-0.15, -0.1) is 0 Å². The van der Waals surface area contributed by atoms with Crippen molar-refractivity contribution >= 4 is 17.8 Å². The van der Waals surface area contributed by atoms with Crippen LogP contribution in [0.2, 0.25) is 0 Å². The number of hydrogen-bond donors (Lipinski definition) is 2. The average molecular weight is 427 g/mol. The smallest absolute Gasteiger partial charge is 0.255 e. The minimum Gasteiger partial charge on any atom is -0.463 e. The molecule has 4 aromatic rings. The number of hydrogen-bond acceptors (Lipinski definition) is 5. The van der Waals surface area contributed by atoms with Crippen LogP contribution in [-0.2, 0) is 17.6 Å². The van der Waals surface area contributed by atoms with Gasteiger partial charge in [0.05, 0.1) is 12.0 Å². The summed E-state index contributed by atoms with van der Waals surface area (Å²) in [6, 6.07) is 14.8. The van der Waals surface area contributed by atoms with E-state index in [1.54, 1.807) is 30.5 Å². The van der Waals surface area contributed by atoms with Gasteiger partial charge in [-0.2, -0.15) is 9.78 Å². The lowest BCUT2D eigenvalue weighted by molar-refractivity contribution is -0.111. The van der Waals surface area contributed by atoms with Crippen molar-refractivity contribution in [3.63, 3.8) is 0 Å². The molecule has 5 rings (SSSR count). The monoisotopic (exact) mass is 427 g/mol. The van der Waals surface area contributed by atoms with Gasteiger partial charge in [-0.1, -0.05) is 30.3 Å². The van der Waals surface area contributed by atoms with Crippen LogP contribution in [0.3, 0.4) is 0 Å². The number of aromatic amines is 1. The third-order valence-corrected chi connectivity index (χ3v) is 5.34. The molecule has 160 valence electrons. The molecule has 0 spiro atoms. The summed E-state index contributed by atoms with van der Waals surface area (Å²) in [6.07, 6.45) is 8.17. The number of H-pyrrole nitrogens is 1.